The van der Waals surface area contributed by atoms with Gasteiger partial charge in [0.2, 0.25) is 0 Å². The van der Waals surface area contributed by atoms with E-state index in [1.54, 1.807) is 36.4 Å². The van der Waals surface area contributed by atoms with Crippen molar-refractivity contribution >= 4 is 22.7 Å². The summed E-state index contributed by atoms with van der Waals surface area (Å²) in [5, 5.41) is 28.2. The molecule has 8 heteroatoms. The topological polar surface area (TPSA) is 110 Å². The lowest BCUT2D eigenvalue weighted by Crippen LogP contribution is -2.04. The number of para-hydroxylation sites is 4. The average molecular weight is 386 g/mol. The molecule has 0 saturated carbocycles. The van der Waals surface area contributed by atoms with Gasteiger partial charge in [0.25, 0.3) is 11.4 Å². The molecule has 0 unspecified atom stereocenters. The van der Waals surface area contributed by atoms with Gasteiger partial charge in [0.15, 0.2) is 0 Å². The fraction of sp³-hybridized carbons (Fsp3) is 0.400. The van der Waals surface area contributed by atoms with Crippen molar-refractivity contribution < 1.29 is 9.85 Å². The van der Waals surface area contributed by atoms with Crippen LogP contribution >= 0.6 is 0 Å². The lowest BCUT2D eigenvalue weighted by atomic mass is 10.1. The molecule has 2 aromatic rings. The summed E-state index contributed by atoms with van der Waals surface area (Å²) in [7, 11) is 0. The van der Waals surface area contributed by atoms with Crippen LogP contribution in [0, 0.1) is 20.2 Å². The highest BCUT2D eigenvalue weighted by Crippen LogP contribution is 2.24. The zero-order valence-corrected chi connectivity index (χ0v) is 15.8. The molecule has 0 atom stereocenters. The lowest BCUT2D eigenvalue weighted by Gasteiger charge is -2.08. The molecule has 0 aromatic heterocycles. The predicted octanol–water partition coefficient (Wildman–Crippen LogP) is 5.37. The summed E-state index contributed by atoms with van der Waals surface area (Å²) >= 11 is 0. The summed E-state index contributed by atoms with van der Waals surface area (Å²) in [5.74, 6) is 0. The number of hydrogen-bond donors (Lipinski definition) is 2. The van der Waals surface area contributed by atoms with Crippen molar-refractivity contribution in [2.45, 2.75) is 38.5 Å². The van der Waals surface area contributed by atoms with E-state index in [1.165, 1.54) is 12.1 Å². The van der Waals surface area contributed by atoms with Crippen LogP contribution in [-0.4, -0.2) is 22.9 Å². The van der Waals surface area contributed by atoms with Crippen LogP contribution in [0.1, 0.15) is 38.5 Å². The monoisotopic (exact) mass is 386 g/mol. The summed E-state index contributed by atoms with van der Waals surface area (Å²) in [4.78, 5) is 21.2. The molecule has 0 aliphatic rings. The Morgan fingerprint density at radius 2 is 0.964 bits per heavy atom. The minimum absolute atomic E-state index is 0.105. The number of nitro groups is 2. The van der Waals surface area contributed by atoms with Crippen molar-refractivity contribution in [2.75, 3.05) is 23.7 Å². The maximum atomic E-state index is 11.0. The number of nitro benzene ring substituents is 2. The Bertz CT molecular complexity index is 717. The van der Waals surface area contributed by atoms with Crippen LogP contribution in [-0.2, 0) is 0 Å². The molecule has 0 bridgehead atoms. The van der Waals surface area contributed by atoms with E-state index in [0.717, 1.165) is 38.5 Å². The molecule has 0 saturated heterocycles. The van der Waals surface area contributed by atoms with Gasteiger partial charge in [-0.2, -0.15) is 0 Å². The Labute approximate surface area is 164 Å². The molecule has 0 aliphatic carbocycles. The van der Waals surface area contributed by atoms with E-state index in [2.05, 4.69) is 10.6 Å². The molecule has 2 rings (SSSR count). The van der Waals surface area contributed by atoms with Crippen LogP contribution in [0.25, 0.3) is 0 Å². The first-order chi connectivity index (χ1) is 13.6. The third-order valence-electron chi connectivity index (χ3n) is 4.44. The van der Waals surface area contributed by atoms with Gasteiger partial charge < -0.3 is 10.6 Å². The van der Waals surface area contributed by atoms with Gasteiger partial charge in [0, 0.05) is 25.2 Å². The summed E-state index contributed by atoms with van der Waals surface area (Å²) in [6, 6.07) is 13.3. The van der Waals surface area contributed by atoms with Crippen molar-refractivity contribution in [1.29, 1.82) is 0 Å². The van der Waals surface area contributed by atoms with Crippen LogP contribution in [0.15, 0.2) is 48.5 Å². The third-order valence-corrected chi connectivity index (χ3v) is 4.44. The Kier molecular flexibility index (Phi) is 8.71. The molecule has 0 heterocycles. The summed E-state index contributed by atoms with van der Waals surface area (Å²) < 4.78 is 0. The van der Waals surface area contributed by atoms with E-state index >= 15 is 0 Å². The van der Waals surface area contributed by atoms with Crippen LogP contribution < -0.4 is 10.6 Å². The molecule has 150 valence electrons. The first kappa shape index (κ1) is 21.1. The van der Waals surface area contributed by atoms with Crippen molar-refractivity contribution in [2.24, 2.45) is 0 Å². The maximum absolute atomic E-state index is 11.0. The number of rotatable bonds is 13. The van der Waals surface area contributed by atoms with Gasteiger partial charge in [-0.05, 0) is 25.0 Å². The van der Waals surface area contributed by atoms with Crippen molar-refractivity contribution in [1.82, 2.24) is 0 Å². The predicted molar refractivity (Wildman–Crippen MR) is 111 cm³/mol. The molecule has 0 aliphatic heterocycles. The molecule has 0 spiro atoms. The highest BCUT2D eigenvalue weighted by molar-refractivity contribution is 5.61. The second-order valence-corrected chi connectivity index (χ2v) is 6.52. The number of anilines is 2. The Morgan fingerprint density at radius 3 is 1.36 bits per heavy atom. The van der Waals surface area contributed by atoms with Crippen molar-refractivity contribution in [3.8, 4) is 0 Å². The largest absolute Gasteiger partial charge is 0.379 e. The van der Waals surface area contributed by atoms with E-state index in [0.29, 0.717) is 24.5 Å². The van der Waals surface area contributed by atoms with Crippen molar-refractivity contribution in [3.63, 3.8) is 0 Å². The summed E-state index contributed by atoms with van der Waals surface area (Å²) in [6.07, 6.45) is 6.24. The number of nitrogens with zero attached hydrogens (tertiary/aromatic N) is 2. The molecule has 0 radical (unpaired) electrons. The zero-order chi connectivity index (χ0) is 20.2. The van der Waals surface area contributed by atoms with Gasteiger partial charge in [-0.25, -0.2) is 0 Å². The first-order valence-electron chi connectivity index (χ1n) is 9.54. The van der Waals surface area contributed by atoms with Crippen LogP contribution in [0.5, 0.6) is 0 Å². The number of unbranched alkanes of at least 4 members (excludes halogenated alkanes) is 5. The standard InChI is InChI=1S/C20H26N4O4/c25-23(26)19-13-7-5-11-17(19)21-15-9-3-1-2-4-10-16-22-18-12-6-8-14-20(18)24(27)28/h5-8,11-14,21-22H,1-4,9-10,15-16H2. The smallest absolute Gasteiger partial charge is 0.292 e. The fourth-order valence-corrected chi connectivity index (χ4v) is 2.97. The minimum Gasteiger partial charge on any atom is -0.379 e. The van der Waals surface area contributed by atoms with Gasteiger partial charge >= 0.3 is 0 Å². The van der Waals surface area contributed by atoms with E-state index < -0.39 is 0 Å². The Balaban J connectivity index is 1.53. The molecular weight excluding hydrogens is 360 g/mol. The molecule has 28 heavy (non-hydrogen) atoms. The number of nitrogens with one attached hydrogen (secondary N) is 2. The molecule has 0 amide bonds. The van der Waals surface area contributed by atoms with Crippen LogP contribution in [0.4, 0.5) is 22.7 Å². The maximum Gasteiger partial charge on any atom is 0.292 e. The van der Waals surface area contributed by atoms with Crippen LogP contribution in [0.3, 0.4) is 0 Å². The van der Waals surface area contributed by atoms with Gasteiger partial charge in [-0.15, -0.1) is 0 Å². The molecule has 2 N–H and O–H groups in total. The highest BCUT2D eigenvalue weighted by Gasteiger charge is 2.12. The van der Waals surface area contributed by atoms with Gasteiger partial charge in [0.05, 0.1) is 9.85 Å². The third kappa shape index (κ3) is 6.86. The lowest BCUT2D eigenvalue weighted by molar-refractivity contribution is -0.384. The number of benzene rings is 2. The van der Waals surface area contributed by atoms with E-state index in [9.17, 15) is 20.2 Å². The fourth-order valence-electron chi connectivity index (χ4n) is 2.97. The van der Waals surface area contributed by atoms with E-state index in [4.69, 9.17) is 0 Å². The molecule has 8 nitrogen and oxygen atoms in total. The first-order valence-corrected chi connectivity index (χ1v) is 9.54. The minimum atomic E-state index is -0.375. The summed E-state index contributed by atoms with van der Waals surface area (Å²) in [6.45, 7) is 1.42. The molecule has 2 aromatic carbocycles. The van der Waals surface area contributed by atoms with Crippen LogP contribution in [0.2, 0.25) is 0 Å². The molecular formula is C20H26N4O4. The second-order valence-electron chi connectivity index (χ2n) is 6.52. The Morgan fingerprint density at radius 1 is 0.607 bits per heavy atom. The van der Waals surface area contributed by atoms with Crippen molar-refractivity contribution in [3.05, 3.63) is 68.8 Å². The Hall–Kier alpha value is -3.16. The van der Waals surface area contributed by atoms with Gasteiger partial charge in [-0.1, -0.05) is 49.9 Å². The second kappa shape index (κ2) is 11.5. The summed E-state index contributed by atoms with van der Waals surface area (Å²) in [5.41, 5.74) is 1.34. The normalized spacial score (nSPS) is 10.4. The quantitative estimate of drug-likeness (QED) is 0.272. The number of hydrogen-bond acceptors (Lipinski definition) is 6. The van der Waals surface area contributed by atoms with E-state index in [1.807, 2.05) is 0 Å². The molecule has 0 fully saturated rings. The van der Waals surface area contributed by atoms with E-state index in [-0.39, 0.29) is 21.2 Å². The van der Waals surface area contributed by atoms with Gasteiger partial charge in [-0.3, -0.25) is 20.2 Å². The SMILES string of the molecule is O=[N+]([O-])c1ccccc1NCCCCCCCCNc1ccccc1[N+](=O)[O-]. The van der Waals surface area contributed by atoms with Gasteiger partial charge in [0.1, 0.15) is 11.4 Å². The highest BCUT2D eigenvalue weighted by atomic mass is 16.6. The zero-order valence-electron chi connectivity index (χ0n) is 15.8. The average Bonchev–Trinajstić information content (AvgIpc) is 2.69.